The lowest BCUT2D eigenvalue weighted by atomic mass is 9.83. The number of β-amino-alcohol motifs (C(OH)–C–C–N with tert-alkyl or cyclic N) is 1. The first-order valence-corrected chi connectivity index (χ1v) is 12.0. The lowest BCUT2D eigenvalue weighted by molar-refractivity contribution is 0.0717. The van der Waals surface area contributed by atoms with Crippen LogP contribution in [-0.4, -0.2) is 51.8 Å². The molecule has 5 heteroatoms. The number of piperidine rings is 1. The fourth-order valence-corrected chi connectivity index (χ4v) is 5.65. The molecule has 1 aromatic heterocycles. The summed E-state index contributed by atoms with van der Waals surface area (Å²) >= 11 is 1.90. The zero-order valence-electron chi connectivity index (χ0n) is 16.8. The normalized spacial score (nSPS) is 23.2. The van der Waals surface area contributed by atoms with Crippen LogP contribution in [0.25, 0.3) is 0 Å². The molecule has 3 heterocycles. The molecule has 3 atom stereocenters. The van der Waals surface area contributed by atoms with Crippen molar-refractivity contribution in [3.63, 3.8) is 0 Å². The molecule has 27 heavy (non-hydrogen) atoms. The summed E-state index contributed by atoms with van der Waals surface area (Å²) in [5, 5.41) is 10.5. The van der Waals surface area contributed by atoms with Crippen LogP contribution in [0.2, 0.25) is 0 Å². The molecular formula is C22H36N2O2S. The summed E-state index contributed by atoms with van der Waals surface area (Å²) in [6.45, 7) is 5.85. The second-order valence-electron chi connectivity index (χ2n) is 8.41. The van der Waals surface area contributed by atoms with E-state index in [0.29, 0.717) is 11.8 Å². The van der Waals surface area contributed by atoms with Crippen LogP contribution in [0.15, 0.2) is 23.0 Å². The SMILES string of the molecule is CCCCCCCCSC[C@@H](O)CN1C[C@H]2C[C@@H](C1)c1cccc(=O)n1C2. The Bertz CT molecular complexity index is 633. The number of rotatable bonds is 11. The van der Waals surface area contributed by atoms with Gasteiger partial charge < -0.3 is 9.67 Å². The zero-order valence-corrected chi connectivity index (χ0v) is 17.6. The van der Waals surface area contributed by atoms with Gasteiger partial charge in [0.25, 0.3) is 5.56 Å². The van der Waals surface area contributed by atoms with E-state index in [-0.39, 0.29) is 11.7 Å². The van der Waals surface area contributed by atoms with Gasteiger partial charge in [-0.2, -0.15) is 11.8 Å². The van der Waals surface area contributed by atoms with E-state index in [4.69, 9.17) is 0 Å². The maximum Gasteiger partial charge on any atom is 0.250 e. The van der Waals surface area contributed by atoms with Crippen molar-refractivity contribution < 1.29 is 5.11 Å². The van der Waals surface area contributed by atoms with Gasteiger partial charge in [0.2, 0.25) is 0 Å². The van der Waals surface area contributed by atoms with Crippen LogP contribution < -0.4 is 5.56 Å². The number of hydrogen-bond donors (Lipinski definition) is 1. The third-order valence-electron chi connectivity index (χ3n) is 5.98. The van der Waals surface area contributed by atoms with Crippen LogP contribution in [0.1, 0.15) is 63.5 Å². The second-order valence-corrected chi connectivity index (χ2v) is 9.56. The molecule has 3 rings (SSSR count). The summed E-state index contributed by atoms with van der Waals surface area (Å²) in [6, 6.07) is 5.67. The van der Waals surface area contributed by atoms with Gasteiger partial charge in [0.15, 0.2) is 0 Å². The highest BCUT2D eigenvalue weighted by Gasteiger charge is 2.34. The number of aliphatic hydroxyl groups excluding tert-OH is 1. The molecule has 1 saturated heterocycles. The van der Waals surface area contributed by atoms with Gasteiger partial charge in [0.05, 0.1) is 6.10 Å². The van der Waals surface area contributed by atoms with E-state index in [9.17, 15) is 9.90 Å². The molecule has 1 fully saturated rings. The Hall–Kier alpha value is -0.780. The molecule has 0 radical (unpaired) electrons. The van der Waals surface area contributed by atoms with Crippen LogP contribution in [-0.2, 0) is 6.54 Å². The third-order valence-corrected chi connectivity index (χ3v) is 7.17. The van der Waals surface area contributed by atoms with Gasteiger partial charge >= 0.3 is 0 Å². The average molecular weight is 393 g/mol. The lowest BCUT2D eigenvalue weighted by Gasteiger charge is -2.43. The molecule has 1 N–H and O–H groups in total. The fourth-order valence-electron chi connectivity index (χ4n) is 4.70. The van der Waals surface area contributed by atoms with Crippen LogP contribution in [0, 0.1) is 5.92 Å². The highest BCUT2D eigenvalue weighted by molar-refractivity contribution is 7.99. The van der Waals surface area contributed by atoms with Gasteiger partial charge in [-0.25, -0.2) is 0 Å². The molecule has 4 nitrogen and oxygen atoms in total. The largest absolute Gasteiger partial charge is 0.391 e. The van der Waals surface area contributed by atoms with Crippen molar-refractivity contribution >= 4 is 11.8 Å². The maximum atomic E-state index is 12.1. The Morgan fingerprint density at radius 3 is 2.81 bits per heavy atom. The predicted octanol–water partition coefficient (Wildman–Crippen LogP) is 3.72. The number of aromatic nitrogens is 1. The first kappa shape index (κ1) is 20.9. The number of fused-ring (bicyclic) bond motifs is 4. The van der Waals surface area contributed by atoms with Gasteiger partial charge in [0, 0.05) is 49.6 Å². The molecule has 0 amide bonds. The van der Waals surface area contributed by atoms with E-state index in [1.807, 2.05) is 22.4 Å². The smallest absolute Gasteiger partial charge is 0.250 e. The Labute approximate surface area is 168 Å². The van der Waals surface area contributed by atoms with E-state index < -0.39 is 0 Å². The average Bonchev–Trinajstić information content (AvgIpc) is 2.65. The number of unbranched alkanes of at least 4 members (excludes halogenated alkanes) is 5. The summed E-state index contributed by atoms with van der Waals surface area (Å²) in [5.74, 6) is 3.00. The van der Waals surface area contributed by atoms with E-state index in [1.54, 1.807) is 6.07 Å². The molecule has 1 aromatic rings. The van der Waals surface area contributed by atoms with Crippen LogP contribution in [0.5, 0.6) is 0 Å². The topological polar surface area (TPSA) is 45.5 Å². The van der Waals surface area contributed by atoms with Gasteiger partial charge in [-0.1, -0.05) is 45.1 Å². The van der Waals surface area contributed by atoms with Gasteiger partial charge in [-0.15, -0.1) is 0 Å². The molecule has 0 aromatic carbocycles. The minimum absolute atomic E-state index is 0.141. The lowest BCUT2D eigenvalue weighted by Crippen LogP contribution is -2.49. The molecule has 0 saturated carbocycles. The van der Waals surface area contributed by atoms with Gasteiger partial charge in [-0.05, 0) is 30.6 Å². The summed E-state index contributed by atoms with van der Waals surface area (Å²) in [6.07, 6.45) is 8.95. The standard InChI is InChI=1S/C22H36N2O2S/c1-2-3-4-5-6-7-11-27-17-20(25)16-23-13-18-12-19(15-23)21-9-8-10-22(26)24(21)14-18/h8-10,18-20,25H,2-7,11-17H2,1H3/t18-,19+,20+/m1/s1. The molecular weight excluding hydrogens is 356 g/mol. The number of likely N-dealkylation sites (tertiary alicyclic amines) is 1. The highest BCUT2D eigenvalue weighted by Crippen LogP contribution is 2.34. The minimum atomic E-state index is -0.244. The molecule has 152 valence electrons. The van der Waals surface area contributed by atoms with Crippen molar-refractivity contribution in [3.05, 3.63) is 34.2 Å². The maximum absolute atomic E-state index is 12.1. The Morgan fingerprint density at radius 1 is 1.15 bits per heavy atom. The quantitative estimate of drug-likeness (QED) is 0.583. The van der Waals surface area contributed by atoms with E-state index in [1.165, 1.54) is 56.4 Å². The molecule has 0 unspecified atom stereocenters. The molecule has 0 spiro atoms. The monoisotopic (exact) mass is 392 g/mol. The van der Waals surface area contributed by atoms with E-state index in [0.717, 1.165) is 31.9 Å². The number of hydrogen-bond acceptors (Lipinski definition) is 4. The first-order chi connectivity index (χ1) is 13.2. The first-order valence-electron chi connectivity index (χ1n) is 10.8. The summed E-state index contributed by atoms with van der Waals surface area (Å²) in [4.78, 5) is 14.5. The highest BCUT2D eigenvalue weighted by atomic mass is 32.2. The number of aliphatic hydroxyl groups is 1. The van der Waals surface area contributed by atoms with E-state index >= 15 is 0 Å². The second kappa shape index (κ2) is 10.7. The number of thioether (sulfide) groups is 1. The Morgan fingerprint density at radius 2 is 1.96 bits per heavy atom. The van der Waals surface area contributed by atoms with Gasteiger partial charge in [0.1, 0.15) is 0 Å². The molecule has 2 bridgehead atoms. The molecule has 2 aliphatic rings. The number of nitrogens with zero attached hydrogens (tertiary/aromatic N) is 2. The zero-order chi connectivity index (χ0) is 19.1. The summed E-state index contributed by atoms with van der Waals surface area (Å²) in [5.41, 5.74) is 1.33. The van der Waals surface area contributed by atoms with Crippen LogP contribution in [0.4, 0.5) is 0 Å². The fraction of sp³-hybridized carbons (Fsp3) is 0.773. The van der Waals surface area contributed by atoms with Crippen molar-refractivity contribution in [2.45, 2.75) is 70.4 Å². The van der Waals surface area contributed by atoms with Crippen LogP contribution >= 0.6 is 11.8 Å². The van der Waals surface area contributed by atoms with Crippen molar-refractivity contribution in [1.29, 1.82) is 0 Å². The Balaban J connectivity index is 1.36. The van der Waals surface area contributed by atoms with E-state index in [2.05, 4.69) is 17.9 Å². The molecule has 0 aliphatic carbocycles. The van der Waals surface area contributed by atoms with Gasteiger partial charge in [-0.3, -0.25) is 9.69 Å². The Kier molecular flexibility index (Phi) is 8.28. The summed E-state index contributed by atoms with van der Waals surface area (Å²) < 4.78 is 1.98. The van der Waals surface area contributed by atoms with Crippen LogP contribution in [0.3, 0.4) is 0 Å². The predicted molar refractivity (Wildman–Crippen MR) is 115 cm³/mol. The number of pyridine rings is 1. The van der Waals surface area contributed by atoms with Crippen molar-refractivity contribution in [2.24, 2.45) is 5.92 Å². The van der Waals surface area contributed by atoms with Crippen molar-refractivity contribution in [3.8, 4) is 0 Å². The minimum Gasteiger partial charge on any atom is -0.391 e. The third kappa shape index (κ3) is 6.10. The molecule has 2 aliphatic heterocycles. The van der Waals surface area contributed by atoms with Crippen molar-refractivity contribution in [2.75, 3.05) is 31.1 Å². The summed E-state index contributed by atoms with van der Waals surface area (Å²) in [7, 11) is 0. The van der Waals surface area contributed by atoms with Crippen molar-refractivity contribution in [1.82, 2.24) is 9.47 Å².